The Morgan fingerprint density at radius 3 is 2.95 bits per heavy atom. The van der Waals surface area contributed by atoms with Crippen LogP contribution in [-0.4, -0.2) is 25.9 Å². The highest BCUT2D eigenvalue weighted by Crippen LogP contribution is 2.20. The number of aromatic nitrogens is 4. The fraction of sp³-hybridized carbons (Fsp3) is 0.286. The molecule has 3 aromatic rings. The lowest BCUT2D eigenvalue weighted by molar-refractivity contribution is 0.764. The van der Waals surface area contributed by atoms with Crippen LogP contribution in [0.5, 0.6) is 0 Å². The van der Waals surface area contributed by atoms with Gasteiger partial charge in [0.2, 0.25) is 0 Å². The number of aryl methyl sites for hydroxylation is 1. The van der Waals surface area contributed by atoms with Crippen molar-refractivity contribution in [3.63, 3.8) is 0 Å². The standard InChI is InChI=1S/C14H17N5/c1-18-8-11(7-17-18)9-19-10-12(4-5-15)13-3-2-6-16-14(13)19/h2-3,6-8,10H,4-5,9,15H2,1H3. The van der Waals surface area contributed by atoms with E-state index >= 15 is 0 Å². The molecule has 3 aromatic heterocycles. The molecule has 98 valence electrons. The van der Waals surface area contributed by atoms with Gasteiger partial charge in [0.25, 0.3) is 0 Å². The monoisotopic (exact) mass is 255 g/mol. The minimum Gasteiger partial charge on any atom is -0.330 e. The lowest BCUT2D eigenvalue weighted by Crippen LogP contribution is -2.02. The molecular formula is C14H17N5. The van der Waals surface area contributed by atoms with E-state index in [4.69, 9.17) is 5.73 Å². The van der Waals surface area contributed by atoms with Crippen LogP contribution < -0.4 is 5.73 Å². The molecule has 0 amide bonds. The highest BCUT2D eigenvalue weighted by atomic mass is 15.2. The van der Waals surface area contributed by atoms with Gasteiger partial charge in [-0.25, -0.2) is 4.98 Å². The highest BCUT2D eigenvalue weighted by Gasteiger charge is 2.09. The average Bonchev–Trinajstić information content (AvgIpc) is 2.97. The van der Waals surface area contributed by atoms with Crippen LogP contribution in [0, 0.1) is 0 Å². The smallest absolute Gasteiger partial charge is 0.140 e. The normalized spacial score (nSPS) is 11.3. The summed E-state index contributed by atoms with van der Waals surface area (Å²) < 4.78 is 3.98. The van der Waals surface area contributed by atoms with Crippen LogP contribution in [0.2, 0.25) is 0 Å². The maximum Gasteiger partial charge on any atom is 0.140 e. The van der Waals surface area contributed by atoms with Gasteiger partial charge in [0.1, 0.15) is 5.65 Å². The third-order valence-corrected chi connectivity index (χ3v) is 3.24. The Kier molecular flexibility index (Phi) is 3.05. The van der Waals surface area contributed by atoms with Crippen molar-refractivity contribution < 1.29 is 0 Å². The molecule has 0 bridgehead atoms. The molecule has 0 aromatic carbocycles. The van der Waals surface area contributed by atoms with E-state index in [1.165, 1.54) is 16.5 Å². The average molecular weight is 255 g/mol. The molecule has 0 aliphatic carbocycles. The maximum absolute atomic E-state index is 5.67. The summed E-state index contributed by atoms with van der Waals surface area (Å²) in [6.07, 6.45) is 8.77. The molecule has 5 heteroatoms. The van der Waals surface area contributed by atoms with Crippen LogP contribution in [-0.2, 0) is 20.0 Å². The van der Waals surface area contributed by atoms with Gasteiger partial charge < -0.3 is 10.3 Å². The molecule has 0 radical (unpaired) electrons. The van der Waals surface area contributed by atoms with Gasteiger partial charge >= 0.3 is 0 Å². The van der Waals surface area contributed by atoms with E-state index in [0.717, 1.165) is 18.6 Å². The van der Waals surface area contributed by atoms with Crippen molar-refractivity contribution >= 4 is 11.0 Å². The SMILES string of the molecule is Cn1cc(Cn2cc(CCN)c3cccnc32)cn1. The van der Waals surface area contributed by atoms with Crippen molar-refractivity contribution in [3.8, 4) is 0 Å². The molecule has 0 fully saturated rings. The van der Waals surface area contributed by atoms with Crippen molar-refractivity contribution in [3.05, 3.63) is 48.0 Å². The topological polar surface area (TPSA) is 61.7 Å². The molecule has 0 atom stereocenters. The molecule has 5 nitrogen and oxygen atoms in total. The molecule has 0 aliphatic heterocycles. The minimum absolute atomic E-state index is 0.654. The quantitative estimate of drug-likeness (QED) is 0.764. The Balaban J connectivity index is 2.03. The van der Waals surface area contributed by atoms with E-state index in [1.54, 1.807) is 0 Å². The number of rotatable bonds is 4. The molecule has 3 rings (SSSR count). The van der Waals surface area contributed by atoms with Crippen molar-refractivity contribution in [2.24, 2.45) is 12.8 Å². The molecule has 0 unspecified atom stereocenters. The van der Waals surface area contributed by atoms with Crippen LogP contribution in [0.3, 0.4) is 0 Å². The first-order chi connectivity index (χ1) is 9.28. The van der Waals surface area contributed by atoms with Gasteiger partial charge in [0.15, 0.2) is 0 Å². The van der Waals surface area contributed by atoms with E-state index < -0.39 is 0 Å². The number of hydrogen-bond donors (Lipinski definition) is 1. The van der Waals surface area contributed by atoms with Gasteiger partial charge in [-0.2, -0.15) is 5.10 Å². The van der Waals surface area contributed by atoms with Gasteiger partial charge in [-0.3, -0.25) is 4.68 Å². The Morgan fingerprint density at radius 2 is 2.21 bits per heavy atom. The summed E-state index contributed by atoms with van der Waals surface area (Å²) in [6.45, 7) is 1.44. The second kappa shape index (κ2) is 4.85. The van der Waals surface area contributed by atoms with Gasteiger partial charge in [-0.15, -0.1) is 0 Å². The third-order valence-electron chi connectivity index (χ3n) is 3.24. The van der Waals surface area contributed by atoms with E-state index in [1.807, 2.05) is 36.4 Å². The number of nitrogens with two attached hydrogens (primary N) is 1. The second-order valence-electron chi connectivity index (χ2n) is 4.72. The molecule has 0 spiro atoms. The van der Waals surface area contributed by atoms with Gasteiger partial charge in [-0.05, 0) is 30.7 Å². The molecular weight excluding hydrogens is 238 g/mol. The van der Waals surface area contributed by atoms with Crippen LogP contribution in [0.25, 0.3) is 11.0 Å². The maximum atomic E-state index is 5.67. The van der Waals surface area contributed by atoms with E-state index in [-0.39, 0.29) is 0 Å². The van der Waals surface area contributed by atoms with E-state index in [0.29, 0.717) is 6.54 Å². The first-order valence-corrected chi connectivity index (χ1v) is 6.38. The lowest BCUT2D eigenvalue weighted by atomic mass is 10.2. The van der Waals surface area contributed by atoms with Gasteiger partial charge in [0.05, 0.1) is 12.7 Å². The van der Waals surface area contributed by atoms with E-state index in [2.05, 4.69) is 26.9 Å². The summed E-state index contributed by atoms with van der Waals surface area (Å²) in [4.78, 5) is 4.48. The predicted molar refractivity (Wildman–Crippen MR) is 74.8 cm³/mol. The molecule has 3 heterocycles. The molecule has 19 heavy (non-hydrogen) atoms. The predicted octanol–water partition coefficient (Wildman–Crippen LogP) is 1.32. The zero-order valence-corrected chi connectivity index (χ0v) is 11.0. The molecule has 0 saturated carbocycles. The molecule has 0 saturated heterocycles. The molecule has 0 aliphatic rings. The fourth-order valence-electron chi connectivity index (χ4n) is 2.42. The largest absolute Gasteiger partial charge is 0.330 e. The molecule has 2 N–H and O–H groups in total. The van der Waals surface area contributed by atoms with Gasteiger partial charge in [-0.1, -0.05) is 0 Å². The van der Waals surface area contributed by atoms with Crippen LogP contribution >= 0.6 is 0 Å². The number of fused-ring (bicyclic) bond motifs is 1. The van der Waals surface area contributed by atoms with Crippen molar-refractivity contribution in [1.29, 1.82) is 0 Å². The van der Waals surface area contributed by atoms with E-state index in [9.17, 15) is 0 Å². The first-order valence-electron chi connectivity index (χ1n) is 6.38. The Morgan fingerprint density at radius 1 is 1.32 bits per heavy atom. The summed E-state index contributed by atoms with van der Waals surface area (Å²) in [5.74, 6) is 0. The summed E-state index contributed by atoms with van der Waals surface area (Å²) in [7, 11) is 1.93. The number of nitrogens with zero attached hydrogens (tertiary/aromatic N) is 4. The van der Waals surface area contributed by atoms with Gasteiger partial charge in [0, 0.05) is 36.6 Å². The second-order valence-corrected chi connectivity index (χ2v) is 4.72. The van der Waals surface area contributed by atoms with Crippen molar-refractivity contribution in [2.45, 2.75) is 13.0 Å². The Hall–Kier alpha value is -2.14. The summed E-state index contributed by atoms with van der Waals surface area (Å²) in [6, 6.07) is 4.07. The highest BCUT2D eigenvalue weighted by molar-refractivity contribution is 5.80. The summed E-state index contributed by atoms with van der Waals surface area (Å²) in [5, 5.41) is 5.39. The van der Waals surface area contributed by atoms with Crippen molar-refractivity contribution in [2.75, 3.05) is 6.54 Å². The third kappa shape index (κ3) is 2.24. The summed E-state index contributed by atoms with van der Waals surface area (Å²) >= 11 is 0. The fourth-order valence-corrected chi connectivity index (χ4v) is 2.42. The van der Waals surface area contributed by atoms with Crippen LogP contribution in [0.1, 0.15) is 11.1 Å². The zero-order chi connectivity index (χ0) is 13.2. The number of pyridine rings is 1. The summed E-state index contributed by atoms with van der Waals surface area (Å²) in [5.41, 5.74) is 9.11. The Labute approximate surface area is 111 Å². The van der Waals surface area contributed by atoms with Crippen molar-refractivity contribution in [1.82, 2.24) is 19.3 Å². The zero-order valence-electron chi connectivity index (χ0n) is 11.0. The lowest BCUT2D eigenvalue weighted by Gasteiger charge is -2.01. The van der Waals surface area contributed by atoms with Crippen LogP contribution in [0.4, 0.5) is 0 Å². The minimum atomic E-state index is 0.654. The first kappa shape index (κ1) is 11.9. The Bertz CT molecular complexity index is 695. The number of hydrogen-bond acceptors (Lipinski definition) is 3. The van der Waals surface area contributed by atoms with Crippen LogP contribution in [0.15, 0.2) is 36.9 Å².